The lowest BCUT2D eigenvalue weighted by atomic mass is 10.00. The average Bonchev–Trinajstić information content (AvgIpc) is 3.28. The summed E-state index contributed by atoms with van der Waals surface area (Å²) < 4.78 is 19.0. The van der Waals surface area contributed by atoms with Gasteiger partial charge in [0, 0.05) is 36.3 Å². The van der Waals surface area contributed by atoms with Crippen LogP contribution in [0, 0.1) is 11.7 Å². The number of aromatic nitrogens is 1. The van der Waals surface area contributed by atoms with Gasteiger partial charge in [-0.3, -0.25) is 4.79 Å². The van der Waals surface area contributed by atoms with E-state index in [-0.39, 0.29) is 28.6 Å². The van der Waals surface area contributed by atoms with Gasteiger partial charge in [0.1, 0.15) is 5.82 Å². The number of carbonyl (C=O) groups is 1. The fourth-order valence-electron chi connectivity index (χ4n) is 3.94. The quantitative estimate of drug-likeness (QED) is 0.585. The lowest BCUT2D eigenvalue weighted by Gasteiger charge is -2.32. The molecule has 1 fully saturated rings. The zero-order chi connectivity index (χ0) is 22.0. The molecule has 1 aromatic heterocycles. The molecule has 0 spiro atoms. The van der Waals surface area contributed by atoms with Crippen LogP contribution in [0.25, 0.3) is 10.8 Å². The predicted molar refractivity (Wildman–Crippen MR) is 119 cm³/mol. The largest absolute Gasteiger partial charge is 0.381 e. The van der Waals surface area contributed by atoms with Gasteiger partial charge in [0.2, 0.25) is 0 Å². The van der Waals surface area contributed by atoms with Gasteiger partial charge in [0.25, 0.3) is 5.56 Å². The zero-order valence-electron chi connectivity index (χ0n) is 17.0. The number of rotatable bonds is 5. The molecule has 162 valence electrons. The molecule has 0 unspecified atom stereocenters. The molecule has 31 heavy (non-hydrogen) atoms. The monoisotopic (exact) mass is 443 g/mol. The Hall–Kier alpha value is -2.90. The molecule has 0 bridgehead atoms. The molecule has 2 heterocycles. The van der Waals surface area contributed by atoms with Gasteiger partial charge in [0.15, 0.2) is 0 Å². The standard InChI is InChI=1S/C23H23ClFN3O3/c1-14(19-11-26-22(29)18-5-3-2-4-17(18)19)28(12-15-8-9-31-13-15)23(30)27-16-6-7-21(25)20(24)10-16/h2-7,10-11,14-15H,8-9,12-13H2,1H3,(H,26,29)(H,27,30)/t14-,15+/m1/s1. The number of urea groups is 1. The van der Waals surface area contributed by atoms with Crippen molar-refractivity contribution in [2.24, 2.45) is 5.92 Å². The first-order valence-corrected chi connectivity index (χ1v) is 10.5. The summed E-state index contributed by atoms with van der Waals surface area (Å²) in [7, 11) is 0. The van der Waals surface area contributed by atoms with Crippen LogP contribution in [-0.2, 0) is 4.74 Å². The lowest BCUT2D eigenvalue weighted by molar-refractivity contribution is 0.157. The molecule has 8 heteroatoms. The lowest BCUT2D eigenvalue weighted by Crippen LogP contribution is -2.40. The number of hydrogen-bond donors (Lipinski definition) is 2. The van der Waals surface area contributed by atoms with E-state index in [0.29, 0.717) is 30.8 Å². The molecule has 0 radical (unpaired) electrons. The zero-order valence-corrected chi connectivity index (χ0v) is 17.8. The highest BCUT2D eigenvalue weighted by molar-refractivity contribution is 6.31. The van der Waals surface area contributed by atoms with Crippen LogP contribution < -0.4 is 10.9 Å². The van der Waals surface area contributed by atoms with Gasteiger partial charge >= 0.3 is 6.03 Å². The molecular weight excluding hydrogens is 421 g/mol. The number of hydrogen-bond acceptors (Lipinski definition) is 3. The van der Waals surface area contributed by atoms with Crippen LogP contribution in [0.2, 0.25) is 5.02 Å². The van der Waals surface area contributed by atoms with Gasteiger partial charge in [-0.25, -0.2) is 9.18 Å². The van der Waals surface area contributed by atoms with Gasteiger partial charge in [-0.05, 0) is 48.6 Å². The van der Waals surface area contributed by atoms with Gasteiger partial charge in [-0.1, -0.05) is 29.8 Å². The molecular formula is C23H23ClFN3O3. The minimum absolute atomic E-state index is 0.0618. The van der Waals surface area contributed by atoms with Crippen molar-refractivity contribution >= 4 is 34.1 Å². The van der Waals surface area contributed by atoms with Crippen molar-refractivity contribution < 1.29 is 13.9 Å². The van der Waals surface area contributed by atoms with Crippen molar-refractivity contribution in [3.8, 4) is 0 Å². The Morgan fingerprint density at radius 3 is 2.81 bits per heavy atom. The number of anilines is 1. The summed E-state index contributed by atoms with van der Waals surface area (Å²) in [5.74, 6) is -0.341. The number of H-pyrrole nitrogens is 1. The van der Waals surface area contributed by atoms with Crippen LogP contribution >= 0.6 is 11.6 Å². The van der Waals surface area contributed by atoms with E-state index in [2.05, 4.69) is 10.3 Å². The number of pyridine rings is 1. The first-order chi connectivity index (χ1) is 14.9. The molecule has 0 saturated carbocycles. The summed E-state index contributed by atoms with van der Waals surface area (Å²) in [6.07, 6.45) is 2.53. The third-order valence-electron chi connectivity index (χ3n) is 5.67. The van der Waals surface area contributed by atoms with E-state index in [0.717, 1.165) is 17.4 Å². The molecule has 2 N–H and O–H groups in total. The highest BCUT2D eigenvalue weighted by Gasteiger charge is 2.28. The van der Waals surface area contributed by atoms with Gasteiger partial charge in [-0.15, -0.1) is 0 Å². The smallest absolute Gasteiger partial charge is 0.322 e. The van der Waals surface area contributed by atoms with E-state index in [1.165, 1.54) is 18.2 Å². The van der Waals surface area contributed by atoms with Crippen molar-refractivity contribution in [2.75, 3.05) is 25.1 Å². The van der Waals surface area contributed by atoms with Crippen molar-refractivity contribution in [3.63, 3.8) is 0 Å². The Kier molecular flexibility index (Phi) is 6.25. The van der Waals surface area contributed by atoms with Crippen LogP contribution in [0.15, 0.2) is 53.5 Å². The van der Waals surface area contributed by atoms with E-state index >= 15 is 0 Å². The van der Waals surface area contributed by atoms with Gasteiger partial charge < -0.3 is 19.9 Å². The first-order valence-electron chi connectivity index (χ1n) is 10.1. The molecule has 2 amide bonds. The fourth-order valence-corrected chi connectivity index (χ4v) is 4.12. The summed E-state index contributed by atoms with van der Waals surface area (Å²) >= 11 is 5.86. The van der Waals surface area contributed by atoms with E-state index in [1.54, 1.807) is 17.2 Å². The molecule has 0 aliphatic carbocycles. The van der Waals surface area contributed by atoms with E-state index in [1.807, 2.05) is 25.1 Å². The van der Waals surface area contributed by atoms with Crippen LogP contribution in [-0.4, -0.2) is 35.7 Å². The second kappa shape index (κ2) is 9.08. The third kappa shape index (κ3) is 4.57. The van der Waals surface area contributed by atoms with Crippen molar-refractivity contribution in [1.82, 2.24) is 9.88 Å². The molecule has 3 aromatic rings. The maximum atomic E-state index is 13.5. The maximum Gasteiger partial charge on any atom is 0.322 e. The number of benzene rings is 2. The van der Waals surface area contributed by atoms with Crippen molar-refractivity contribution in [3.05, 3.63) is 75.4 Å². The number of aromatic amines is 1. The Morgan fingerprint density at radius 1 is 1.32 bits per heavy atom. The Balaban J connectivity index is 1.67. The molecule has 4 rings (SSSR count). The highest BCUT2D eigenvalue weighted by atomic mass is 35.5. The molecule has 2 atom stereocenters. The number of nitrogens with zero attached hydrogens (tertiary/aromatic N) is 1. The summed E-state index contributed by atoms with van der Waals surface area (Å²) in [5.41, 5.74) is 1.07. The summed E-state index contributed by atoms with van der Waals surface area (Å²) in [6, 6.07) is 10.7. The Bertz CT molecular complexity index is 1160. The van der Waals surface area contributed by atoms with Gasteiger partial charge in [-0.2, -0.15) is 0 Å². The second-order valence-corrected chi connectivity index (χ2v) is 8.14. The average molecular weight is 444 g/mol. The van der Waals surface area contributed by atoms with Crippen LogP contribution in [0.5, 0.6) is 0 Å². The number of nitrogens with one attached hydrogen (secondary N) is 2. The van der Waals surface area contributed by atoms with Crippen molar-refractivity contribution in [1.29, 1.82) is 0 Å². The van der Waals surface area contributed by atoms with Gasteiger partial charge in [0.05, 0.1) is 17.7 Å². The number of carbonyl (C=O) groups excluding carboxylic acids is 1. The predicted octanol–water partition coefficient (Wildman–Crippen LogP) is 4.95. The van der Waals surface area contributed by atoms with E-state index in [4.69, 9.17) is 16.3 Å². The molecule has 1 saturated heterocycles. The summed E-state index contributed by atoms with van der Waals surface area (Å²) in [6.45, 7) is 3.66. The second-order valence-electron chi connectivity index (χ2n) is 7.74. The van der Waals surface area contributed by atoms with E-state index < -0.39 is 5.82 Å². The fraction of sp³-hybridized carbons (Fsp3) is 0.304. The van der Waals surface area contributed by atoms with Crippen LogP contribution in [0.3, 0.4) is 0 Å². The van der Waals surface area contributed by atoms with E-state index in [9.17, 15) is 14.0 Å². The third-order valence-corrected chi connectivity index (χ3v) is 5.96. The normalized spacial score (nSPS) is 16.9. The molecule has 2 aromatic carbocycles. The first kappa shape index (κ1) is 21.3. The van der Waals surface area contributed by atoms with Crippen molar-refractivity contribution in [2.45, 2.75) is 19.4 Å². The maximum absolute atomic E-state index is 13.5. The Morgan fingerprint density at radius 2 is 2.10 bits per heavy atom. The molecule has 6 nitrogen and oxygen atoms in total. The number of ether oxygens (including phenoxy) is 1. The highest BCUT2D eigenvalue weighted by Crippen LogP contribution is 2.29. The number of halogens is 2. The topological polar surface area (TPSA) is 74.4 Å². The SMILES string of the molecule is C[C@H](c1c[nH]c(=O)c2ccccc12)N(C[C@@H]1CCOC1)C(=O)Nc1ccc(F)c(Cl)c1. The summed E-state index contributed by atoms with van der Waals surface area (Å²) in [4.78, 5) is 30.0. The summed E-state index contributed by atoms with van der Waals surface area (Å²) in [5, 5.41) is 4.12. The van der Waals surface area contributed by atoms with Crippen LogP contribution in [0.4, 0.5) is 14.9 Å². The molecule has 1 aliphatic rings. The minimum Gasteiger partial charge on any atom is -0.381 e. The molecule has 1 aliphatic heterocycles. The minimum atomic E-state index is -0.548. The number of amides is 2. The number of fused-ring (bicyclic) bond motifs is 1. The van der Waals surface area contributed by atoms with Crippen LogP contribution in [0.1, 0.15) is 24.9 Å². The Labute approximate surface area is 184 Å².